The Hall–Kier alpha value is -1.32. The summed E-state index contributed by atoms with van der Waals surface area (Å²) in [4.78, 5) is 24.7. The Balaban J connectivity index is 1.54. The van der Waals surface area contributed by atoms with Crippen molar-refractivity contribution in [3.8, 4) is 0 Å². The van der Waals surface area contributed by atoms with E-state index in [9.17, 15) is 14.7 Å². The largest absolute Gasteiger partial charge is 0.481 e. The smallest absolute Gasteiger partial charge is 0.310 e. The zero-order chi connectivity index (χ0) is 26.5. The molecule has 0 radical (unpaired) electrons. The number of esters is 1. The van der Waals surface area contributed by atoms with Crippen molar-refractivity contribution in [2.45, 2.75) is 119 Å². The Kier molecular flexibility index (Phi) is 5.91. The van der Waals surface area contributed by atoms with Crippen molar-refractivity contribution in [1.82, 2.24) is 0 Å². The Morgan fingerprint density at radius 2 is 1.58 bits per heavy atom. The summed E-state index contributed by atoms with van der Waals surface area (Å²) in [7, 11) is 0. The van der Waals surface area contributed by atoms with E-state index < -0.39 is 11.4 Å². The summed E-state index contributed by atoms with van der Waals surface area (Å²) in [6, 6.07) is 0. The fraction of sp³-hybridized carbons (Fsp3) is 0.875. The lowest BCUT2D eigenvalue weighted by molar-refractivity contribution is -0.204. The molecular weight excluding hydrogens is 448 g/mol. The predicted molar refractivity (Wildman–Crippen MR) is 142 cm³/mol. The van der Waals surface area contributed by atoms with Crippen LogP contribution in [0, 0.1) is 56.7 Å². The third-order valence-corrected chi connectivity index (χ3v) is 12.8. The molecule has 5 aliphatic rings. The van der Waals surface area contributed by atoms with Gasteiger partial charge in [0.25, 0.3) is 0 Å². The maximum absolute atomic E-state index is 12.9. The summed E-state index contributed by atoms with van der Waals surface area (Å²) in [5, 5.41) is 10.6. The van der Waals surface area contributed by atoms with Gasteiger partial charge in [-0.2, -0.15) is 0 Å². The van der Waals surface area contributed by atoms with Gasteiger partial charge in [0.05, 0.1) is 5.41 Å². The first-order chi connectivity index (χ1) is 16.6. The summed E-state index contributed by atoms with van der Waals surface area (Å²) in [6.07, 6.45) is 11.7. The van der Waals surface area contributed by atoms with Gasteiger partial charge in [0.15, 0.2) is 0 Å². The maximum Gasteiger partial charge on any atom is 0.310 e. The van der Waals surface area contributed by atoms with Crippen LogP contribution in [-0.4, -0.2) is 23.1 Å². The Morgan fingerprint density at radius 3 is 2.22 bits per heavy atom. The average Bonchev–Trinajstić information content (AvgIpc) is 2.75. The molecule has 4 saturated carbocycles. The minimum absolute atomic E-state index is 0.00128. The summed E-state index contributed by atoms with van der Waals surface area (Å²) in [6.45, 7) is 18.4. The maximum atomic E-state index is 12.9. The van der Waals surface area contributed by atoms with Gasteiger partial charge in [-0.1, -0.05) is 60.1 Å². The summed E-state index contributed by atoms with van der Waals surface area (Å²) in [5.41, 5.74) is 1.51. The monoisotopic (exact) mass is 498 g/mol. The standard InChI is InChI=1S/C32H50O4/c1-19-17-32(27(34)35)16-15-28(3,4)18-22(32)21-9-10-24-30(7)14-12-25(36-20(2)33)29(5,6)23(30)11-13-31(24,8)26(19)21/h9,19,22-26H,10-18H2,1-8H3,(H,34,35). The highest BCUT2D eigenvalue weighted by molar-refractivity contribution is 5.76. The third-order valence-electron chi connectivity index (χ3n) is 12.8. The van der Waals surface area contributed by atoms with Gasteiger partial charge in [-0.05, 0) is 104 Å². The number of ether oxygens (including phenoxy) is 1. The van der Waals surface area contributed by atoms with Gasteiger partial charge < -0.3 is 9.84 Å². The lowest BCUT2D eigenvalue weighted by Gasteiger charge is -2.69. The molecule has 4 heteroatoms. The van der Waals surface area contributed by atoms with E-state index >= 15 is 0 Å². The molecule has 0 spiro atoms. The average molecular weight is 499 g/mol. The number of hydrogen-bond acceptors (Lipinski definition) is 3. The van der Waals surface area contributed by atoms with E-state index in [1.54, 1.807) is 6.92 Å². The summed E-state index contributed by atoms with van der Waals surface area (Å²) < 4.78 is 5.87. The summed E-state index contributed by atoms with van der Waals surface area (Å²) >= 11 is 0. The minimum Gasteiger partial charge on any atom is -0.481 e. The molecule has 4 fully saturated rings. The van der Waals surface area contributed by atoms with Gasteiger partial charge in [0, 0.05) is 12.3 Å². The number of rotatable bonds is 2. The number of allylic oxidation sites excluding steroid dienone is 2. The van der Waals surface area contributed by atoms with Crippen molar-refractivity contribution >= 4 is 11.9 Å². The first-order valence-corrected chi connectivity index (χ1v) is 14.7. The lowest BCUT2D eigenvalue weighted by Crippen LogP contribution is -2.63. The van der Waals surface area contributed by atoms with E-state index in [1.165, 1.54) is 18.4 Å². The predicted octanol–water partition coefficient (Wildman–Crippen LogP) is 7.66. The van der Waals surface area contributed by atoms with Crippen molar-refractivity contribution < 1.29 is 19.4 Å². The van der Waals surface area contributed by atoms with Gasteiger partial charge in [-0.15, -0.1) is 0 Å². The Labute approximate surface area is 219 Å². The van der Waals surface area contributed by atoms with Crippen molar-refractivity contribution in [3.05, 3.63) is 11.6 Å². The Bertz CT molecular complexity index is 977. The second-order valence-corrected chi connectivity index (χ2v) is 15.6. The molecule has 0 heterocycles. The lowest BCUT2D eigenvalue weighted by atomic mass is 9.36. The topological polar surface area (TPSA) is 63.6 Å². The van der Waals surface area contributed by atoms with Crippen LogP contribution in [0.3, 0.4) is 0 Å². The molecule has 0 amide bonds. The number of carboxylic acid groups (broad SMARTS) is 1. The highest BCUT2D eigenvalue weighted by Crippen LogP contribution is 2.73. The number of aliphatic carboxylic acids is 1. The number of carbonyl (C=O) groups excluding carboxylic acids is 1. The highest BCUT2D eigenvalue weighted by atomic mass is 16.5. The quantitative estimate of drug-likeness (QED) is 0.313. The zero-order valence-electron chi connectivity index (χ0n) is 24.1. The molecule has 36 heavy (non-hydrogen) atoms. The van der Waals surface area contributed by atoms with E-state index in [0.717, 1.165) is 44.9 Å². The molecular formula is C32H50O4. The Morgan fingerprint density at radius 1 is 0.917 bits per heavy atom. The molecule has 0 aromatic heterocycles. The van der Waals surface area contributed by atoms with Crippen LogP contribution in [0.15, 0.2) is 11.6 Å². The van der Waals surface area contributed by atoms with Crippen LogP contribution in [0.5, 0.6) is 0 Å². The van der Waals surface area contributed by atoms with E-state index in [1.807, 2.05) is 0 Å². The second-order valence-electron chi connectivity index (χ2n) is 15.6. The summed E-state index contributed by atoms with van der Waals surface area (Å²) in [5.74, 6) is 1.46. The molecule has 5 aliphatic carbocycles. The van der Waals surface area contributed by atoms with E-state index in [4.69, 9.17) is 4.74 Å². The molecule has 9 atom stereocenters. The van der Waals surface area contributed by atoms with Gasteiger partial charge >= 0.3 is 11.9 Å². The molecule has 5 rings (SSSR count). The van der Waals surface area contributed by atoms with Crippen LogP contribution < -0.4 is 0 Å². The number of hydrogen-bond donors (Lipinski definition) is 1. The first-order valence-electron chi connectivity index (χ1n) is 14.7. The highest BCUT2D eigenvalue weighted by Gasteiger charge is 2.67. The van der Waals surface area contributed by atoms with Gasteiger partial charge in [-0.3, -0.25) is 9.59 Å². The molecule has 4 nitrogen and oxygen atoms in total. The van der Waals surface area contributed by atoms with Crippen LogP contribution in [-0.2, 0) is 14.3 Å². The normalized spacial score (nSPS) is 48.8. The number of fused-ring (bicyclic) bond motifs is 7. The van der Waals surface area contributed by atoms with Crippen LogP contribution in [0.4, 0.5) is 0 Å². The van der Waals surface area contributed by atoms with Crippen LogP contribution >= 0.6 is 0 Å². The van der Waals surface area contributed by atoms with Gasteiger partial charge in [0.2, 0.25) is 0 Å². The molecule has 0 saturated heterocycles. The minimum atomic E-state index is -0.578. The molecule has 0 aliphatic heterocycles. The van der Waals surface area contributed by atoms with Crippen molar-refractivity contribution in [2.75, 3.05) is 0 Å². The van der Waals surface area contributed by atoms with Crippen molar-refractivity contribution in [2.24, 2.45) is 56.7 Å². The van der Waals surface area contributed by atoms with E-state index in [-0.39, 0.29) is 39.7 Å². The first kappa shape index (κ1) is 26.3. The third kappa shape index (κ3) is 3.51. The van der Waals surface area contributed by atoms with Crippen LogP contribution in [0.1, 0.15) is 113 Å². The van der Waals surface area contributed by atoms with Crippen LogP contribution in [0.25, 0.3) is 0 Å². The fourth-order valence-electron chi connectivity index (χ4n) is 11.3. The van der Waals surface area contributed by atoms with E-state index in [2.05, 4.69) is 54.5 Å². The fourth-order valence-corrected chi connectivity index (χ4v) is 11.3. The van der Waals surface area contributed by atoms with Crippen molar-refractivity contribution in [3.63, 3.8) is 0 Å². The molecule has 0 aromatic carbocycles. The molecule has 202 valence electrons. The SMILES string of the molecule is CC(=O)OC1CCC2(C)C(CCC3(C)C4C(=CCC32)C2CC(C)(C)CCC2(C(=O)O)CC4C)C1(C)C. The second kappa shape index (κ2) is 8.09. The van der Waals surface area contributed by atoms with Crippen LogP contribution in [0.2, 0.25) is 0 Å². The van der Waals surface area contributed by atoms with Gasteiger partial charge in [-0.25, -0.2) is 0 Å². The van der Waals surface area contributed by atoms with E-state index in [0.29, 0.717) is 23.7 Å². The van der Waals surface area contributed by atoms with Crippen molar-refractivity contribution in [1.29, 1.82) is 0 Å². The van der Waals surface area contributed by atoms with Gasteiger partial charge in [0.1, 0.15) is 6.10 Å². The number of carboxylic acids is 1. The molecule has 1 N–H and O–H groups in total. The zero-order valence-corrected chi connectivity index (χ0v) is 24.1. The molecule has 0 aromatic rings. The number of carbonyl (C=O) groups is 2. The molecule has 9 unspecified atom stereocenters. The molecule has 0 bridgehead atoms.